The summed E-state index contributed by atoms with van der Waals surface area (Å²) in [6, 6.07) is 13.3. The molecule has 0 unspecified atom stereocenters. The Bertz CT molecular complexity index is 1000. The van der Waals surface area contributed by atoms with E-state index in [1.807, 2.05) is 61.2 Å². The molecule has 2 aromatic rings. The van der Waals surface area contributed by atoms with Crippen LogP contribution in [0.1, 0.15) is 23.6 Å². The molecule has 2 aromatic carbocycles. The van der Waals surface area contributed by atoms with Gasteiger partial charge in [-0.2, -0.15) is 0 Å². The average molecular weight is 377 g/mol. The number of carbonyl (C=O) groups excluding carboxylic acids is 2. The molecule has 0 aromatic heterocycles. The van der Waals surface area contributed by atoms with E-state index in [9.17, 15) is 9.59 Å². The van der Waals surface area contributed by atoms with Crippen LogP contribution in [0.5, 0.6) is 5.75 Å². The van der Waals surface area contributed by atoms with Gasteiger partial charge in [0, 0.05) is 11.4 Å². The number of hydrogen-bond acceptors (Lipinski definition) is 5. The van der Waals surface area contributed by atoms with Gasteiger partial charge in [0.2, 0.25) is 5.78 Å². The van der Waals surface area contributed by atoms with E-state index in [1.165, 1.54) is 7.11 Å². The van der Waals surface area contributed by atoms with E-state index in [0.29, 0.717) is 11.4 Å². The molecule has 0 atom stereocenters. The number of ketones is 1. The molecule has 0 saturated carbocycles. The lowest BCUT2D eigenvalue weighted by Crippen LogP contribution is -2.18. The number of aryl methyl sites for hydroxylation is 2. The Morgan fingerprint density at radius 2 is 1.64 bits per heavy atom. The number of hydrogen-bond donors (Lipinski definition) is 0. The predicted molar refractivity (Wildman–Crippen MR) is 109 cm³/mol. The van der Waals surface area contributed by atoms with Crippen LogP contribution >= 0.6 is 0 Å². The van der Waals surface area contributed by atoms with E-state index in [1.54, 1.807) is 20.1 Å². The number of methoxy groups -OCH3 is 2. The van der Waals surface area contributed by atoms with Gasteiger partial charge in [0.25, 0.3) is 0 Å². The molecule has 5 nitrogen and oxygen atoms in total. The highest BCUT2D eigenvalue weighted by molar-refractivity contribution is 6.30. The molecule has 0 amide bonds. The minimum Gasteiger partial charge on any atom is -0.497 e. The molecule has 0 spiro atoms. The first-order valence-corrected chi connectivity index (χ1v) is 8.94. The molecule has 3 rings (SSSR count). The van der Waals surface area contributed by atoms with Crippen molar-refractivity contribution >= 4 is 23.5 Å². The van der Waals surface area contributed by atoms with Crippen molar-refractivity contribution in [1.29, 1.82) is 0 Å². The molecule has 5 heteroatoms. The van der Waals surface area contributed by atoms with Crippen LogP contribution in [0.15, 0.2) is 59.4 Å². The van der Waals surface area contributed by atoms with Crippen molar-refractivity contribution in [2.24, 2.45) is 0 Å². The van der Waals surface area contributed by atoms with E-state index >= 15 is 0 Å². The van der Waals surface area contributed by atoms with Crippen LogP contribution in [-0.4, -0.2) is 26.0 Å². The van der Waals surface area contributed by atoms with Crippen LogP contribution < -0.4 is 9.64 Å². The van der Waals surface area contributed by atoms with Gasteiger partial charge >= 0.3 is 5.97 Å². The fraction of sp³-hybridized carbons (Fsp3) is 0.217. The number of nitrogens with zero attached hydrogens (tertiary/aromatic N) is 1. The van der Waals surface area contributed by atoms with Crippen LogP contribution in [0, 0.1) is 13.8 Å². The second kappa shape index (κ2) is 7.72. The molecule has 0 N–H and O–H groups in total. The summed E-state index contributed by atoms with van der Waals surface area (Å²) in [5.41, 5.74) is 4.94. The fourth-order valence-corrected chi connectivity index (χ4v) is 3.21. The third-order valence-corrected chi connectivity index (χ3v) is 4.96. The standard InChI is InChI=1S/C23H23NO4/c1-14-6-9-18(12-15(14)2)24-16(3)21(23(26)28-5)22(25)20(24)13-17-7-10-19(27-4)11-8-17/h6-13H,1-5H3/b20-13+. The Balaban J connectivity index is 2.14. The van der Waals surface area contributed by atoms with Gasteiger partial charge in [-0.05, 0) is 67.8 Å². The average Bonchev–Trinajstić information content (AvgIpc) is 2.94. The second-order valence-corrected chi connectivity index (χ2v) is 6.69. The van der Waals surface area contributed by atoms with Gasteiger partial charge in [0.05, 0.1) is 19.9 Å². The summed E-state index contributed by atoms with van der Waals surface area (Å²) in [6.45, 7) is 5.81. The number of allylic oxidation sites excluding steroid dienone is 2. The molecule has 0 bridgehead atoms. The van der Waals surface area contributed by atoms with E-state index in [-0.39, 0.29) is 11.4 Å². The highest BCUT2D eigenvalue weighted by Crippen LogP contribution is 2.36. The minimum atomic E-state index is -0.630. The first kappa shape index (κ1) is 19.4. The number of anilines is 1. The summed E-state index contributed by atoms with van der Waals surface area (Å²) >= 11 is 0. The fourth-order valence-electron chi connectivity index (χ4n) is 3.21. The third kappa shape index (κ3) is 3.43. The molecule has 144 valence electrons. The Labute approximate surface area is 164 Å². The number of benzene rings is 2. The van der Waals surface area contributed by atoms with Gasteiger partial charge in [-0.1, -0.05) is 18.2 Å². The summed E-state index contributed by atoms with van der Waals surface area (Å²) < 4.78 is 10.0. The monoisotopic (exact) mass is 377 g/mol. The van der Waals surface area contributed by atoms with Crippen LogP contribution in [0.4, 0.5) is 5.69 Å². The second-order valence-electron chi connectivity index (χ2n) is 6.69. The summed E-state index contributed by atoms with van der Waals surface area (Å²) in [6.07, 6.45) is 1.77. The Kier molecular flexibility index (Phi) is 5.36. The van der Waals surface area contributed by atoms with Crippen molar-refractivity contribution in [2.75, 3.05) is 19.1 Å². The third-order valence-electron chi connectivity index (χ3n) is 4.96. The quantitative estimate of drug-likeness (QED) is 0.454. The first-order valence-electron chi connectivity index (χ1n) is 8.94. The van der Waals surface area contributed by atoms with Gasteiger partial charge < -0.3 is 14.4 Å². The van der Waals surface area contributed by atoms with Crippen molar-refractivity contribution in [3.8, 4) is 5.75 Å². The van der Waals surface area contributed by atoms with Crippen LogP contribution in [-0.2, 0) is 14.3 Å². The molecule has 1 heterocycles. The Morgan fingerprint density at radius 3 is 2.21 bits per heavy atom. The van der Waals surface area contributed by atoms with E-state index in [2.05, 4.69) is 0 Å². The zero-order valence-electron chi connectivity index (χ0n) is 16.7. The highest BCUT2D eigenvalue weighted by atomic mass is 16.5. The number of Topliss-reactive ketones (excluding diaryl/α,β-unsaturated/α-hetero) is 1. The van der Waals surface area contributed by atoms with Gasteiger partial charge in [0.1, 0.15) is 11.3 Å². The molecule has 0 radical (unpaired) electrons. The van der Waals surface area contributed by atoms with Crippen molar-refractivity contribution in [2.45, 2.75) is 20.8 Å². The first-order chi connectivity index (χ1) is 13.4. The van der Waals surface area contributed by atoms with Crippen LogP contribution in [0.3, 0.4) is 0 Å². The van der Waals surface area contributed by atoms with Gasteiger partial charge in [-0.25, -0.2) is 4.79 Å². The lowest BCUT2D eigenvalue weighted by Gasteiger charge is -2.22. The normalized spacial score (nSPS) is 15.4. The topological polar surface area (TPSA) is 55.8 Å². The van der Waals surface area contributed by atoms with E-state index < -0.39 is 5.97 Å². The Hall–Kier alpha value is -3.34. The number of ether oxygens (including phenoxy) is 2. The molecule has 28 heavy (non-hydrogen) atoms. The maximum absolute atomic E-state index is 13.1. The molecular weight excluding hydrogens is 354 g/mol. The van der Waals surface area contributed by atoms with Crippen LogP contribution in [0.25, 0.3) is 6.08 Å². The molecule has 1 aliphatic heterocycles. The summed E-state index contributed by atoms with van der Waals surface area (Å²) in [5.74, 6) is -0.247. The number of carbonyl (C=O) groups is 2. The summed E-state index contributed by atoms with van der Waals surface area (Å²) in [4.78, 5) is 27.1. The number of esters is 1. The Morgan fingerprint density at radius 1 is 0.964 bits per heavy atom. The maximum Gasteiger partial charge on any atom is 0.343 e. The SMILES string of the molecule is COC(=O)C1=C(C)N(c2ccc(C)c(C)c2)/C(=C/c2ccc(OC)cc2)C1=O. The number of rotatable bonds is 4. The largest absolute Gasteiger partial charge is 0.497 e. The maximum atomic E-state index is 13.1. The predicted octanol–water partition coefficient (Wildman–Crippen LogP) is 4.19. The van der Waals surface area contributed by atoms with Crippen molar-refractivity contribution in [3.05, 3.63) is 76.1 Å². The summed E-state index contributed by atoms with van der Waals surface area (Å²) in [7, 11) is 2.88. The van der Waals surface area contributed by atoms with Crippen LogP contribution in [0.2, 0.25) is 0 Å². The van der Waals surface area contributed by atoms with Gasteiger partial charge in [-0.15, -0.1) is 0 Å². The van der Waals surface area contributed by atoms with Crippen molar-refractivity contribution in [1.82, 2.24) is 0 Å². The molecule has 0 saturated heterocycles. The van der Waals surface area contributed by atoms with Crippen molar-refractivity contribution < 1.29 is 19.1 Å². The van der Waals surface area contributed by atoms with E-state index in [4.69, 9.17) is 9.47 Å². The molecular formula is C23H23NO4. The lowest BCUT2D eigenvalue weighted by atomic mass is 10.1. The van der Waals surface area contributed by atoms with Crippen molar-refractivity contribution in [3.63, 3.8) is 0 Å². The molecule has 1 aliphatic rings. The van der Waals surface area contributed by atoms with E-state index in [0.717, 1.165) is 28.1 Å². The smallest absolute Gasteiger partial charge is 0.343 e. The van der Waals surface area contributed by atoms with Gasteiger partial charge in [0.15, 0.2) is 0 Å². The molecule has 0 aliphatic carbocycles. The zero-order valence-corrected chi connectivity index (χ0v) is 16.7. The highest BCUT2D eigenvalue weighted by Gasteiger charge is 2.38. The molecule has 0 fully saturated rings. The van der Waals surface area contributed by atoms with Gasteiger partial charge in [-0.3, -0.25) is 4.79 Å². The zero-order chi connectivity index (χ0) is 20.4. The lowest BCUT2D eigenvalue weighted by molar-refractivity contribution is -0.137. The summed E-state index contributed by atoms with van der Waals surface area (Å²) in [5, 5.41) is 0. The minimum absolute atomic E-state index is 0.0560.